The predicted octanol–water partition coefficient (Wildman–Crippen LogP) is 1.26. The number of nitrogens with zero attached hydrogens (tertiary/aromatic N) is 3. The van der Waals surface area contributed by atoms with E-state index in [4.69, 9.17) is 0 Å². The molecular formula is C9H9N3O. The summed E-state index contributed by atoms with van der Waals surface area (Å²) in [5, 5.41) is 0. The fourth-order valence-electron chi connectivity index (χ4n) is 1.29. The van der Waals surface area contributed by atoms with E-state index in [2.05, 4.69) is 9.97 Å². The Labute approximate surface area is 75.2 Å². The lowest BCUT2D eigenvalue weighted by molar-refractivity contribution is 0.111. The van der Waals surface area contributed by atoms with E-state index >= 15 is 0 Å². The van der Waals surface area contributed by atoms with Gasteiger partial charge in [-0.15, -0.1) is 0 Å². The molecule has 0 amide bonds. The molecule has 4 nitrogen and oxygen atoms in total. The predicted molar refractivity (Wildman–Crippen MR) is 48.6 cm³/mol. The van der Waals surface area contributed by atoms with Crippen LogP contribution in [0.2, 0.25) is 0 Å². The Balaban J connectivity index is 2.67. The standard InChI is InChI=1S/C9H9N3O/c1-2-12-6-11-8-3-7(5-13)10-4-9(8)12/h3-6H,2H2,1H3. The van der Waals surface area contributed by atoms with Crippen molar-refractivity contribution in [3.8, 4) is 0 Å². The molecule has 4 heteroatoms. The largest absolute Gasteiger partial charge is 0.330 e. The first-order valence-electron chi connectivity index (χ1n) is 4.11. The van der Waals surface area contributed by atoms with Gasteiger partial charge in [0, 0.05) is 6.54 Å². The Morgan fingerprint density at radius 2 is 2.38 bits per heavy atom. The molecule has 2 heterocycles. The molecule has 2 aromatic heterocycles. The third-order valence-electron chi connectivity index (χ3n) is 1.99. The number of carbonyl (C=O) groups excluding carboxylic acids is 1. The van der Waals surface area contributed by atoms with Crippen molar-refractivity contribution >= 4 is 17.3 Å². The fraction of sp³-hybridized carbons (Fsp3) is 0.222. The van der Waals surface area contributed by atoms with Gasteiger partial charge in [0.15, 0.2) is 6.29 Å². The van der Waals surface area contributed by atoms with E-state index in [0.29, 0.717) is 5.69 Å². The molecule has 2 aromatic rings. The van der Waals surface area contributed by atoms with Crippen LogP contribution in [-0.2, 0) is 6.54 Å². The topological polar surface area (TPSA) is 47.8 Å². The number of hydrogen-bond donors (Lipinski definition) is 0. The van der Waals surface area contributed by atoms with E-state index < -0.39 is 0 Å². The Morgan fingerprint density at radius 1 is 1.54 bits per heavy atom. The van der Waals surface area contributed by atoms with Crippen LogP contribution in [0.1, 0.15) is 17.4 Å². The monoisotopic (exact) mass is 175 g/mol. The van der Waals surface area contributed by atoms with Gasteiger partial charge < -0.3 is 4.57 Å². The summed E-state index contributed by atoms with van der Waals surface area (Å²) < 4.78 is 1.98. The third-order valence-corrected chi connectivity index (χ3v) is 1.99. The average Bonchev–Trinajstić information content (AvgIpc) is 2.59. The van der Waals surface area contributed by atoms with Crippen LogP contribution in [0, 0.1) is 0 Å². The van der Waals surface area contributed by atoms with Gasteiger partial charge in [0.1, 0.15) is 5.69 Å². The molecule has 0 aromatic carbocycles. The van der Waals surface area contributed by atoms with Gasteiger partial charge in [-0.3, -0.25) is 9.78 Å². The van der Waals surface area contributed by atoms with Crippen LogP contribution < -0.4 is 0 Å². The van der Waals surface area contributed by atoms with Crippen molar-refractivity contribution in [2.24, 2.45) is 0 Å². The van der Waals surface area contributed by atoms with E-state index in [1.54, 1.807) is 18.6 Å². The highest BCUT2D eigenvalue weighted by molar-refractivity contribution is 5.82. The second kappa shape index (κ2) is 2.97. The van der Waals surface area contributed by atoms with Crippen molar-refractivity contribution in [2.45, 2.75) is 13.5 Å². The van der Waals surface area contributed by atoms with Gasteiger partial charge >= 0.3 is 0 Å². The number of imidazole rings is 1. The van der Waals surface area contributed by atoms with Gasteiger partial charge in [0.05, 0.1) is 23.6 Å². The molecule has 0 N–H and O–H groups in total. The van der Waals surface area contributed by atoms with Crippen LogP contribution in [0.5, 0.6) is 0 Å². The number of fused-ring (bicyclic) bond motifs is 1. The van der Waals surface area contributed by atoms with Crippen LogP contribution in [0.3, 0.4) is 0 Å². The van der Waals surface area contributed by atoms with Crippen molar-refractivity contribution < 1.29 is 4.79 Å². The molecule has 0 saturated carbocycles. The zero-order valence-electron chi connectivity index (χ0n) is 7.27. The summed E-state index contributed by atoms with van der Waals surface area (Å²) in [6.07, 6.45) is 4.15. The molecule has 66 valence electrons. The minimum atomic E-state index is 0.425. The van der Waals surface area contributed by atoms with Crippen LogP contribution in [0.25, 0.3) is 11.0 Å². The van der Waals surface area contributed by atoms with Crippen LogP contribution in [-0.4, -0.2) is 20.8 Å². The van der Waals surface area contributed by atoms with Crippen molar-refractivity contribution in [1.29, 1.82) is 0 Å². The molecule has 0 radical (unpaired) electrons. The lowest BCUT2D eigenvalue weighted by Gasteiger charge is -1.97. The fourth-order valence-corrected chi connectivity index (χ4v) is 1.29. The van der Waals surface area contributed by atoms with Crippen molar-refractivity contribution in [2.75, 3.05) is 0 Å². The second-order valence-corrected chi connectivity index (χ2v) is 2.75. The molecule has 13 heavy (non-hydrogen) atoms. The maximum absolute atomic E-state index is 10.4. The Bertz CT molecular complexity index is 447. The van der Waals surface area contributed by atoms with E-state index in [-0.39, 0.29) is 0 Å². The Morgan fingerprint density at radius 3 is 3.08 bits per heavy atom. The summed E-state index contributed by atoms with van der Waals surface area (Å²) in [5.74, 6) is 0. The lowest BCUT2D eigenvalue weighted by Crippen LogP contribution is -1.92. The molecule has 0 unspecified atom stereocenters. The zero-order valence-corrected chi connectivity index (χ0v) is 7.27. The van der Waals surface area contributed by atoms with Gasteiger partial charge in [-0.1, -0.05) is 0 Å². The van der Waals surface area contributed by atoms with Crippen molar-refractivity contribution in [3.05, 3.63) is 24.3 Å². The molecular weight excluding hydrogens is 166 g/mol. The minimum Gasteiger partial charge on any atom is -0.330 e. The van der Waals surface area contributed by atoms with E-state index in [1.807, 2.05) is 11.5 Å². The number of rotatable bonds is 2. The Kier molecular flexibility index (Phi) is 1.81. The molecule has 0 aliphatic carbocycles. The maximum atomic E-state index is 10.4. The highest BCUT2D eigenvalue weighted by atomic mass is 16.1. The van der Waals surface area contributed by atoms with Gasteiger partial charge in [-0.25, -0.2) is 4.98 Å². The quantitative estimate of drug-likeness (QED) is 0.645. The molecule has 0 bridgehead atoms. The summed E-state index contributed by atoms with van der Waals surface area (Å²) in [7, 11) is 0. The van der Waals surface area contributed by atoms with E-state index in [0.717, 1.165) is 23.9 Å². The molecule has 0 fully saturated rings. The van der Waals surface area contributed by atoms with E-state index in [1.165, 1.54) is 0 Å². The van der Waals surface area contributed by atoms with Crippen molar-refractivity contribution in [1.82, 2.24) is 14.5 Å². The first-order chi connectivity index (χ1) is 6.35. The van der Waals surface area contributed by atoms with Gasteiger partial charge in [-0.05, 0) is 13.0 Å². The van der Waals surface area contributed by atoms with Crippen LogP contribution >= 0.6 is 0 Å². The normalized spacial score (nSPS) is 10.5. The number of aldehydes is 1. The number of pyridine rings is 1. The summed E-state index contributed by atoms with van der Waals surface area (Å²) in [4.78, 5) is 18.6. The number of carbonyl (C=O) groups is 1. The van der Waals surface area contributed by atoms with Crippen molar-refractivity contribution in [3.63, 3.8) is 0 Å². The zero-order chi connectivity index (χ0) is 9.26. The molecule has 0 saturated heterocycles. The van der Waals surface area contributed by atoms with Crippen LogP contribution in [0.4, 0.5) is 0 Å². The Hall–Kier alpha value is -1.71. The first kappa shape index (κ1) is 7.91. The second-order valence-electron chi connectivity index (χ2n) is 2.75. The third kappa shape index (κ3) is 1.20. The highest BCUT2D eigenvalue weighted by Crippen LogP contribution is 2.11. The van der Waals surface area contributed by atoms with Gasteiger partial charge in [0.25, 0.3) is 0 Å². The summed E-state index contributed by atoms with van der Waals surface area (Å²) in [6, 6.07) is 1.69. The van der Waals surface area contributed by atoms with E-state index in [9.17, 15) is 4.79 Å². The average molecular weight is 175 g/mol. The molecule has 0 aliphatic heterocycles. The maximum Gasteiger partial charge on any atom is 0.168 e. The molecule has 0 atom stereocenters. The highest BCUT2D eigenvalue weighted by Gasteiger charge is 2.02. The number of aryl methyl sites for hydroxylation is 1. The minimum absolute atomic E-state index is 0.425. The lowest BCUT2D eigenvalue weighted by atomic mass is 10.3. The number of hydrogen-bond acceptors (Lipinski definition) is 3. The number of aromatic nitrogens is 3. The summed E-state index contributed by atoms with van der Waals surface area (Å²) in [6.45, 7) is 2.90. The summed E-state index contributed by atoms with van der Waals surface area (Å²) >= 11 is 0. The smallest absolute Gasteiger partial charge is 0.168 e. The summed E-state index contributed by atoms with van der Waals surface area (Å²) in [5.41, 5.74) is 2.21. The molecule has 2 rings (SSSR count). The van der Waals surface area contributed by atoms with Gasteiger partial charge in [0.2, 0.25) is 0 Å². The molecule has 0 aliphatic rings. The molecule has 0 spiro atoms. The first-order valence-corrected chi connectivity index (χ1v) is 4.11. The van der Waals surface area contributed by atoms with Gasteiger partial charge in [-0.2, -0.15) is 0 Å². The van der Waals surface area contributed by atoms with Crippen LogP contribution in [0.15, 0.2) is 18.6 Å². The SMILES string of the molecule is CCn1cnc2cc(C=O)ncc21.